The Morgan fingerprint density at radius 3 is 2.94 bits per heavy atom. The van der Waals surface area contributed by atoms with Crippen LogP contribution < -0.4 is 17.0 Å². The van der Waals surface area contributed by atoms with Gasteiger partial charge >= 0.3 is 0 Å². The lowest BCUT2D eigenvalue weighted by molar-refractivity contribution is 0.0696. The lowest BCUT2D eigenvalue weighted by Gasteiger charge is -2.17. The molecule has 0 radical (unpaired) electrons. The fourth-order valence-electron chi connectivity index (χ4n) is 1.59. The van der Waals surface area contributed by atoms with Gasteiger partial charge in [0.2, 0.25) is 5.95 Å². The van der Waals surface area contributed by atoms with Crippen LogP contribution in [0.4, 0.5) is 5.95 Å². The Morgan fingerprint density at radius 2 is 2.28 bits per heavy atom. The molecule has 2 rings (SSSR count). The van der Waals surface area contributed by atoms with Gasteiger partial charge in [-0.05, 0) is 0 Å². The normalized spacial score (nSPS) is 14.8. The van der Waals surface area contributed by atoms with Crippen LogP contribution in [0.1, 0.15) is 0 Å². The summed E-state index contributed by atoms with van der Waals surface area (Å²) in [5.41, 5.74) is 11.1. The largest absolute Gasteiger partial charge is 0.394 e. The molecular weight excluding hydrogens is 240 g/mol. The minimum Gasteiger partial charge on any atom is -0.394 e. The van der Waals surface area contributed by atoms with Gasteiger partial charge in [-0.1, -0.05) is 0 Å². The van der Waals surface area contributed by atoms with Gasteiger partial charge in [0.15, 0.2) is 11.2 Å². The van der Waals surface area contributed by atoms with Gasteiger partial charge in [0.25, 0.3) is 5.56 Å². The highest BCUT2D eigenvalue weighted by molar-refractivity contribution is 5.70. The summed E-state index contributed by atoms with van der Waals surface area (Å²) in [5, 5.41) is 18.2. The average molecular weight is 254 g/mol. The minimum absolute atomic E-state index is 0.0227. The van der Waals surface area contributed by atoms with E-state index >= 15 is 0 Å². The van der Waals surface area contributed by atoms with Crippen molar-refractivity contribution in [3.8, 4) is 0 Å². The fraction of sp³-hybridized carbons (Fsp3) is 0.444. The van der Waals surface area contributed by atoms with E-state index < -0.39 is 24.3 Å². The van der Waals surface area contributed by atoms with E-state index in [1.807, 2.05) is 0 Å². The molecule has 98 valence electrons. The molecule has 9 heteroatoms. The van der Waals surface area contributed by atoms with E-state index in [1.54, 1.807) is 0 Å². The van der Waals surface area contributed by atoms with Crippen molar-refractivity contribution in [2.24, 2.45) is 5.73 Å². The van der Waals surface area contributed by atoms with Crippen molar-refractivity contribution in [3.05, 3.63) is 16.7 Å². The molecule has 2 heterocycles. The zero-order chi connectivity index (χ0) is 13.3. The molecule has 0 aliphatic carbocycles. The zero-order valence-electron chi connectivity index (χ0n) is 9.45. The van der Waals surface area contributed by atoms with Crippen LogP contribution in [-0.4, -0.2) is 48.5 Å². The average Bonchev–Trinajstić information content (AvgIpc) is 2.71. The van der Waals surface area contributed by atoms with E-state index in [0.29, 0.717) is 0 Å². The molecule has 9 nitrogen and oxygen atoms in total. The molecule has 0 saturated heterocycles. The molecule has 2 aromatic heterocycles. The second kappa shape index (κ2) is 4.72. The third-order valence-electron chi connectivity index (χ3n) is 2.58. The molecule has 0 saturated carbocycles. The molecular formula is C9H14N6O3. The van der Waals surface area contributed by atoms with E-state index in [1.165, 1.54) is 10.9 Å². The van der Waals surface area contributed by atoms with Crippen LogP contribution in [0.5, 0.6) is 0 Å². The lowest BCUT2D eigenvalue weighted by atomic mass is 10.2. The number of aromatic nitrogens is 4. The number of anilines is 1. The molecule has 7 N–H and O–H groups in total. The van der Waals surface area contributed by atoms with Gasteiger partial charge < -0.3 is 26.2 Å². The first-order valence-electron chi connectivity index (χ1n) is 5.28. The molecule has 0 fully saturated rings. The monoisotopic (exact) mass is 254 g/mol. The Hall–Kier alpha value is -1.97. The molecule has 18 heavy (non-hydrogen) atoms. The van der Waals surface area contributed by atoms with E-state index in [-0.39, 0.29) is 23.7 Å². The van der Waals surface area contributed by atoms with Gasteiger partial charge in [0, 0.05) is 6.54 Å². The van der Waals surface area contributed by atoms with Crippen molar-refractivity contribution >= 4 is 17.1 Å². The standard InChI is InChI=1S/C9H14N6O3/c10-4(5(17)2-16)1-15-3-12-6-7(15)13-9(11)14-8(6)18/h3-5,16-17H,1-2,10H2,(H3,11,13,14,18)/t4-,5+/m1/s1. The summed E-state index contributed by atoms with van der Waals surface area (Å²) < 4.78 is 1.50. The smallest absolute Gasteiger partial charge is 0.280 e. The van der Waals surface area contributed by atoms with Crippen molar-refractivity contribution < 1.29 is 10.2 Å². The SMILES string of the molecule is Nc1nc2c(ncn2C[C@@H](N)[C@@H](O)CO)c(=O)[nH]1. The zero-order valence-corrected chi connectivity index (χ0v) is 9.45. The second-order valence-corrected chi connectivity index (χ2v) is 3.93. The summed E-state index contributed by atoms with van der Waals surface area (Å²) in [7, 11) is 0. The summed E-state index contributed by atoms with van der Waals surface area (Å²) in [6.07, 6.45) is 0.331. The molecule has 0 aliphatic heterocycles. The molecule has 0 aliphatic rings. The van der Waals surface area contributed by atoms with Crippen LogP contribution in [0.2, 0.25) is 0 Å². The molecule has 0 unspecified atom stereocenters. The number of hydrogen-bond acceptors (Lipinski definition) is 7. The van der Waals surface area contributed by atoms with Crippen LogP contribution in [0.3, 0.4) is 0 Å². The third kappa shape index (κ3) is 2.18. The maximum Gasteiger partial charge on any atom is 0.280 e. The first-order valence-corrected chi connectivity index (χ1v) is 5.28. The van der Waals surface area contributed by atoms with Crippen LogP contribution in [0, 0.1) is 0 Å². The van der Waals surface area contributed by atoms with Crippen molar-refractivity contribution in [2.75, 3.05) is 12.3 Å². The number of nitrogen functional groups attached to an aromatic ring is 1. The van der Waals surface area contributed by atoms with Crippen LogP contribution in [0.15, 0.2) is 11.1 Å². The van der Waals surface area contributed by atoms with Gasteiger partial charge in [0.05, 0.1) is 25.1 Å². The summed E-state index contributed by atoms with van der Waals surface area (Å²) >= 11 is 0. The summed E-state index contributed by atoms with van der Waals surface area (Å²) in [6.45, 7) is -0.280. The number of nitrogens with zero attached hydrogens (tertiary/aromatic N) is 3. The highest BCUT2D eigenvalue weighted by Gasteiger charge is 2.17. The summed E-state index contributed by atoms with van der Waals surface area (Å²) in [6, 6.07) is -0.699. The fourth-order valence-corrected chi connectivity index (χ4v) is 1.59. The number of nitrogens with two attached hydrogens (primary N) is 2. The number of rotatable bonds is 4. The van der Waals surface area contributed by atoms with Crippen LogP contribution >= 0.6 is 0 Å². The Labute approximate surface area is 101 Å². The predicted molar refractivity (Wildman–Crippen MR) is 63.6 cm³/mol. The summed E-state index contributed by atoms with van der Waals surface area (Å²) in [4.78, 5) is 21.7. The molecule has 0 bridgehead atoms. The number of aromatic amines is 1. The van der Waals surface area contributed by atoms with Gasteiger partial charge in [-0.25, -0.2) is 4.98 Å². The van der Waals surface area contributed by atoms with Crippen LogP contribution in [-0.2, 0) is 6.54 Å². The third-order valence-corrected chi connectivity index (χ3v) is 2.58. The van der Waals surface area contributed by atoms with Crippen molar-refractivity contribution in [2.45, 2.75) is 18.7 Å². The Bertz CT molecular complexity index is 606. The Balaban J connectivity index is 2.38. The van der Waals surface area contributed by atoms with E-state index in [2.05, 4.69) is 15.0 Å². The predicted octanol–water partition coefficient (Wildman–Crippen LogP) is -2.62. The van der Waals surface area contributed by atoms with E-state index in [9.17, 15) is 9.90 Å². The molecule has 2 aromatic rings. The maximum absolute atomic E-state index is 11.5. The van der Waals surface area contributed by atoms with Gasteiger partial charge in [-0.2, -0.15) is 4.98 Å². The van der Waals surface area contributed by atoms with Gasteiger partial charge in [-0.3, -0.25) is 9.78 Å². The van der Waals surface area contributed by atoms with Crippen LogP contribution in [0.25, 0.3) is 11.2 Å². The number of H-pyrrole nitrogens is 1. The molecule has 0 amide bonds. The first kappa shape index (κ1) is 12.5. The first-order chi connectivity index (χ1) is 8.52. The van der Waals surface area contributed by atoms with Crippen molar-refractivity contribution in [1.29, 1.82) is 0 Å². The second-order valence-electron chi connectivity index (χ2n) is 3.93. The number of hydrogen-bond donors (Lipinski definition) is 5. The number of fused-ring (bicyclic) bond motifs is 1. The Morgan fingerprint density at radius 1 is 1.56 bits per heavy atom. The number of aliphatic hydroxyl groups excluding tert-OH is 2. The highest BCUT2D eigenvalue weighted by atomic mass is 16.3. The molecule has 2 atom stereocenters. The topological polar surface area (TPSA) is 156 Å². The highest BCUT2D eigenvalue weighted by Crippen LogP contribution is 2.07. The van der Waals surface area contributed by atoms with Gasteiger partial charge in [-0.15, -0.1) is 0 Å². The molecule has 0 spiro atoms. The number of imidazole rings is 1. The lowest BCUT2D eigenvalue weighted by Crippen LogP contribution is -2.40. The quantitative estimate of drug-likeness (QED) is 0.400. The maximum atomic E-state index is 11.5. The van der Waals surface area contributed by atoms with E-state index in [0.717, 1.165) is 0 Å². The number of nitrogens with one attached hydrogen (secondary N) is 1. The Kier molecular flexibility index (Phi) is 3.28. The minimum atomic E-state index is -1.05. The van der Waals surface area contributed by atoms with Gasteiger partial charge in [0.1, 0.15) is 0 Å². The van der Waals surface area contributed by atoms with Crippen molar-refractivity contribution in [1.82, 2.24) is 19.5 Å². The number of aliphatic hydroxyl groups is 2. The molecule has 0 aromatic carbocycles. The van der Waals surface area contributed by atoms with E-state index in [4.69, 9.17) is 16.6 Å². The summed E-state index contributed by atoms with van der Waals surface area (Å²) in [5.74, 6) is -0.0227. The van der Waals surface area contributed by atoms with Crippen molar-refractivity contribution in [3.63, 3.8) is 0 Å².